The van der Waals surface area contributed by atoms with Crippen LogP contribution in [0.4, 0.5) is 0 Å². The van der Waals surface area contributed by atoms with Gasteiger partial charge in [0.1, 0.15) is 42.7 Å². The topological polar surface area (TPSA) is 198 Å². The maximum atomic E-state index is 11.3. The van der Waals surface area contributed by atoms with Crippen LogP contribution in [0.3, 0.4) is 0 Å². The molecule has 2 saturated heterocycles. The molecule has 26 heavy (non-hydrogen) atoms. The molecule has 2 fully saturated rings. The van der Waals surface area contributed by atoms with E-state index in [1.807, 2.05) is 0 Å². The highest BCUT2D eigenvalue weighted by molar-refractivity contribution is 5.73. The minimum atomic E-state index is -1.75. The summed E-state index contributed by atoms with van der Waals surface area (Å²) >= 11 is 0. The van der Waals surface area contributed by atoms with Crippen LogP contribution >= 0.6 is 0 Å². The summed E-state index contributed by atoms with van der Waals surface area (Å²) in [6.07, 6.45) is -13.7. The second-order valence-corrected chi connectivity index (χ2v) is 6.26. The van der Waals surface area contributed by atoms with Crippen molar-refractivity contribution in [3.8, 4) is 0 Å². The average molecular weight is 383 g/mol. The summed E-state index contributed by atoms with van der Waals surface area (Å²) in [5.41, 5.74) is 0. The van der Waals surface area contributed by atoms with Crippen molar-refractivity contribution < 1.29 is 54.8 Å². The minimum absolute atomic E-state index is 0.557. The van der Waals surface area contributed by atoms with Gasteiger partial charge in [-0.2, -0.15) is 0 Å². The maximum absolute atomic E-state index is 11.3. The SMILES string of the molecule is CC(=O)N[C@H]1[C@@H](O)[C@@H](CO)O[C@@H](O[C@H]2[C@H](O)[C@@H](O)[C@H](O)O[C@@H]2CO)[C@@H]1O. The van der Waals surface area contributed by atoms with Crippen LogP contribution in [0.1, 0.15) is 6.92 Å². The molecule has 0 unspecified atom stereocenters. The molecular formula is C14H25NO11. The number of ether oxygens (including phenoxy) is 3. The number of hydrogen-bond donors (Lipinski definition) is 8. The van der Waals surface area contributed by atoms with E-state index in [4.69, 9.17) is 14.2 Å². The lowest BCUT2D eigenvalue weighted by molar-refractivity contribution is -0.346. The molecule has 2 aliphatic rings. The van der Waals surface area contributed by atoms with Crippen LogP contribution < -0.4 is 5.32 Å². The van der Waals surface area contributed by atoms with Crippen molar-refractivity contribution in [2.75, 3.05) is 13.2 Å². The van der Waals surface area contributed by atoms with Gasteiger partial charge in [-0.15, -0.1) is 0 Å². The molecule has 8 N–H and O–H groups in total. The van der Waals surface area contributed by atoms with E-state index < -0.39 is 80.5 Å². The molecule has 0 aromatic heterocycles. The quantitative estimate of drug-likeness (QED) is 0.226. The number of aliphatic hydroxyl groups excluding tert-OH is 7. The second-order valence-electron chi connectivity index (χ2n) is 6.26. The van der Waals surface area contributed by atoms with Crippen molar-refractivity contribution in [3.63, 3.8) is 0 Å². The highest BCUT2D eigenvalue weighted by Crippen LogP contribution is 2.28. The zero-order valence-corrected chi connectivity index (χ0v) is 14.0. The minimum Gasteiger partial charge on any atom is -0.394 e. The summed E-state index contributed by atoms with van der Waals surface area (Å²) in [5, 5.41) is 70.7. The molecule has 0 spiro atoms. The van der Waals surface area contributed by atoms with Crippen molar-refractivity contribution in [2.24, 2.45) is 0 Å². The normalized spacial score (nSPS) is 46.8. The highest BCUT2D eigenvalue weighted by Gasteiger charge is 2.50. The number of hydrogen-bond acceptors (Lipinski definition) is 11. The number of carbonyl (C=O) groups is 1. The van der Waals surface area contributed by atoms with Gasteiger partial charge >= 0.3 is 0 Å². The third-order valence-electron chi connectivity index (χ3n) is 4.38. The van der Waals surface area contributed by atoms with Crippen molar-refractivity contribution >= 4 is 5.91 Å². The fourth-order valence-electron chi connectivity index (χ4n) is 2.99. The van der Waals surface area contributed by atoms with Crippen LogP contribution in [0.25, 0.3) is 0 Å². The molecule has 0 radical (unpaired) electrons. The molecule has 2 aliphatic heterocycles. The van der Waals surface area contributed by atoms with E-state index in [0.29, 0.717) is 0 Å². The number of rotatable bonds is 5. The first kappa shape index (κ1) is 21.4. The lowest BCUT2D eigenvalue weighted by Gasteiger charge is -2.46. The van der Waals surface area contributed by atoms with Gasteiger partial charge in [0.05, 0.1) is 19.3 Å². The molecule has 2 heterocycles. The number of aliphatic hydroxyl groups is 7. The summed E-state index contributed by atoms with van der Waals surface area (Å²) < 4.78 is 15.6. The number of carbonyl (C=O) groups excluding carboxylic acids is 1. The van der Waals surface area contributed by atoms with Crippen molar-refractivity contribution in [3.05, 3.63) is 0 Å². The Labute approximate surface area is 148 Å². The van der Waals surface area contributed by atoms with Gasteiger partial charge in [-0.05, 0) is 0 Å². The van der Waals surface area contributed by atoms with E-state index >= 15 is 0 Å². The first-order chi connectivity index (χ1) is 12.2. The Morgan fingerprint density at radius 2 is 1.54 bits per heavy atom. The van der Waals surface area contributed by atoms with E-state index in [0.717, 1.165) is 6.92 Å². The van der Waals surface area contributed by atoms with Gasteiger partial charge in [0.15, 0.2) is 12.6 Å². The Kier molecular flexibility index (Phi) is 7.27. The van der Waals surface area contributed by atoms with E-state index in [1.165, 1.54) is 0 Å². The summed E-state index contributed by atoms with van der Waals surface area (Å²) in [6, 6.07) is -1.24. The predicted octanol–water partition coefficient (Wildman–Crippen LogP) is -5.25. The van der Waals surface area contributed by atoms with Crippen molar-refractivity contribution in [1.29, 1.82) is 0 Å². The molecule has 0 bridgehead atoms. The molecular weight excluding hydrogens is 358 g/mol. The molecule has 2 rings (SSSR count). The predicted molar refractivity (Wildman–Crippen MR) is 80.2 cm³/mol. The van der Waals surface area contributed by atoms with Crippen LogP contribution in [-0.4, -0.2) is 116 Å². The third-order valence-corrected chi connectivity index (χ3v) is 4.38. The fourth-order valence-corrected chi connectivity index (χ4v) is 2.99. The van der Waals surface area contributed by atoms with Crippen LogP contribution in [0.5, 0.6) is 0 Å². The molecule has 10 atom stereocenters. The standard InChI is InChI=1S/C14H25NO11/c1-4(18)15-7-8(19)5(2-16)25-14(9(7)20)26-12-6(3-17)24-13(23)11(22)10(12)21/h5-14,16-17,19-23H,2-3H2,1H3,(H,15,18)/t5-,6-,7+,8+,9-,10-,11-,12-,13-,14+/m1/s1. The van der Waals surface area contributed by atoms with Gasteiger partial charge in [-0.1, -0.05) is 0 Å². The van der Waals surface area contributed by atoms with Crippen molar-refractivity contribution in [2.45, 2.75) is 68.3 Å². The monoisotopic (exact) mass is 383 g/mol. The van der Waals surface area contributed by atoms with Gasteiger partial charge in [-0.25, -0.2) is 0 Å². The van der Waals surface area contributed by atoms with E-state index in [9.17, 15) is 40.5 Å². The molecule has 0 aromatic rings. The van der Waals surface area contributed by atoms with Gasteiger partial charge in [0, 0.05) is 6.92 Å². The lowest BCUT2D eigenvalue weighted by atomic mass is 9.95. The molecule has 12 heteroatoms. The van der Waals surface area contributed by atoms with Gasteiger partial charge in [0.25, 0.3) is 0 Å². The van der Waals surface area contributed by atoms with Crippen molar-refractivity contribution in [1.82, 2.24) is 5.32 Å². The second kappa shape index (κ2) is 8.84. The summed E-state index contributed by atoms with van der Waals surface area (Å²) in [5.74, 6) is -0.557. The van der Waals surface area contributed by atoms with Crippen LogP contribution in [-0.2, 0) is 19.0 Å². The number of nitrogens with one attached hydrogen (secondary N) is 1. The smallest absolute Gasteiger partial charge is 0.217 e. The van der Waals surface area contributed by atoms with E-state index in [2.05, 4.69) is 5.32 Å². The van der Waals surface area contributed by atoms with Crippen LogP contribution in [0.2, 0.25) is 0 Å². The Morgan fingerprint density at radius 3 is 2.08 bits per heavy atom. The van der Waals surface area contributed by atoms with Gasteiger partial charge in [0.2, 0.25) is 5.91 Å². The third kappa shape index (κ3) is 4.31. The summed E-state index contributed by atoms with van der Waals surface area (Å²) in [4.78, 5) is 11.3. The van der Waals surface area contributed by atoms with Crippen LogP contribution in [0.15, 0.2) is 0 Å². The average Bonchev–Trinajstić information content (AvgIpc) is 2.60. The lowest BCUT2D eigenvalue weighted by Crippen LogP contribution is -2.67. The summed E-state index contributed by atoms with van der Waals surface area (Å²) in [6.45, 7) is -0.176. The Bertz CT molecular complexity index is 478. The van der Waals surface area contributed by atoms with Gasteiger partial charge < -0.3 is 55.3 Å². The Balaban J connectivity index is 2.18. The zero-order chi connectivity index (χ0) is 19.6. The molecule has 0 saturated carbocycles. The number of amides is 1. The van der Waals surface area contributed by atoms with E-state index in [1.54, 1.807) is 0 Å². The zero-order valence-electron chi connectivity index (χ0n) is 14.0. The summed E-state index contributed by atoms with van der Waals surface area (Å²) in [7, 11) is 0. The molecule has 152 valence electrons. The highest BCUT2D eigenvalue weighted by atomic mass is 16.7. The first-order valence-corrected chi connectivity index (χ1v) is 8.06. The molecule has 0 aliphatic carbocycles. The van der Waals surface area contributed by atoms with E-state index in [-0.39, 0.29) is 0 Å². The molecule has 1 amide bonds. The molecule has 12 nitrogen and oxygen atoms in total. The largest absolute Gasteiger partial charge is 0.394 e. The maximum Gasteiger partial charge on any atom is 0.217 e. The first-order valence-electron chi connectivity index (χ1n) is 8.06. The fraction of sp³-hybridized carbons (Fsp3) is 0.929. The Morgan fingerprint density at radius 1 is 0.923 bits per heavy atom. The molecule has 0 aromatic carbocycles. The van der Waals surface area contributed by atoms with Gasteiger partial charge in [-0.3, -0.25) is 4.79 Å². The van der Waals surface area contributed by atoms with Crippen LogP contribution in [0, 0.1) is 0 Å². The Hall–Kier alpha value is -0.930.